The fourth-order valence-corrected chi connectivity index (χ4v) is 5.18. The Morgan fingerprint density at radius 2 is 1.97 bits per heavy atom. The molecule has 0 bridgehead atoms. The third-order valence-electron chi connectivity index (χ3n) is 6.12. The fraction of sp³-hybridized carbons (Fsp3) is 0.550. The molecule has 1 unspecified atom stereocenters. The van der Waals surface area contributed by atoms with Gasteiger partial charge in [0.25, 0.3) is 0 Å². The van der Waals surface area contributed by atoms with Crippen LogP contribution in [0.2, 0.25) is 0 Å². The van der Waals surface area contributed by atoms with Crippen LogP contribution in [-0.4, -0.2) is 68.4 Å². The molecule has 1 spiro atoms. The van der Waals surface area contributed by atoms with Gasteiger partial charge < -0.3 is 10.0 Å². The molecule has 2 saturated heterocycles. The first-order chi connectivity index (χ1) is 14.5. The van der Waals surface area contributed by atoms with E-state index in [9.17, 15) is 18.0 Å². The second-order valence-corrected chi connectivity index (χ2v) is 8.95. The van der Waals surface area contributed by atoms with Gasteiger partial charge in [0.2, 0.25) is 5.91 Å². The predicted octanol–water partition coefficient (Wildman–Crippen LogP) is 3.10. The molecule has 0 saturated carbocycles. The number of rotatable bonds is 3. The van der Waals surface area contributed by atoms with Gasteiger partial charge in [-0.3, -0.25) is 14.4 Å². The zero-order valence-corrected chi connectivity index (χ0v) is 18.1. The van der Waals surface area contributed by atoms with E-state index in [1.54, 1.807) is 0 Å². The number of likely N-dealkylation sites (N-methyl/N-ethyl adjacent to an activating group) is 1. The Balaban J connectivity index is 0.000000339. The number of amides is 1. The summed E-state index contributed by atoms with van der Waals surface area (Å²) in [5.74, 6) is -2.21. The van der Waals surface area contributed by atoms with Crippen molar-refractivity contribution in [3.05, 3.63) is 40.3 Å². The van der Waals surface area contributed by atoms with Gasteiger partial charge in [0.15, 0.2) is 0 Å². The molecule has 2 aliphatic heterocycles. The van der Waals surface area contributed by atoms with E-state index < -0.39 is 12.1 Å². The van der Waals surface area contributed by atoms with Crippen LogP contribution in [0.5, 0.6) is 0 Å². The average molecular weight is 459 g/mol. The largest absolute Gasteiger partial charge is 0.490 e. The van der Waals surface area contributed by atoms with Crippen LogP contribution in [-0.2, 0) is 23.2 Å². The maximum Gasteiger partial charge on any atom is 0.490 e. The first-order valence-electron chi connectivity index (χ1n) is 9.83. The van der Waals surface area contributed by atoms with Gasteiger partial charge in [-0.1, -0.05) is 6.07 Å². The van der Waals surface area contributed by atoms with Gasteiger partial charge in [-0.05, 0) is 29.9 Å². The maximum atomic E-state index is 12.5. The van der Waals surface area contributed by atoms with Crippen molar-refractivity contribution < 1.29 is 27.9 Å². The second-order valence-electron chi connectivity index (χ2n) is 7.92. The first kappa shape index (κ1) is 23.3. The van der Waals surface area contributed by atoms with E-state index in [1.165, 1.54) is 10.4 Å². The van der Waals surface area contributed by atoms with Crippen molar-refractivity contribution in [2.45, 2.75) is 43.4 Å². The molecule has 0 aromatic carbocycles. The minimum absolute atomic E-state index is 0.0356. The molecule has 1 amide bonds. The van der Waals surface area contributed by atoms with Crippen molar-refractivity contribution in [1.29, 1.82) is 0 Å². The van der Waals surface area contributed by atoms with Crippen LogP contribution >= 0.6 is 11.3 Å². The average Bonchev–Trinajstić information content (AvgIpc) is 3.41. The van der Waals surface area contributed by atoms with E-state index in [0.29, 0.717) is 6.42 Å². The Bertz CT molecular complexity index is 905. The number of piperidine rings is 1. The van der Waals surface area contributed by atoms with E-state index >= 15 is 0 Å². The molecular weight excluding hydrogens is 433 g/mol. The van der Waals surface area contributed by atoms with Crippen LogP contribution in [0.3, 0.4) is 0 Å². The number of carbonyl (C=O) groups excluding carboxylic acids is 1. The summed E-state index contributed by atoms with van der Waals surface area (Å²) in [5, 5.41) is 13.6. The third kappa shape index (κ3) is 5.09. The summed E-state index contributed by atoms with van der Waals surface area (Å²) in [6.45, 7) is 3.13. The second kappa shape index (κ2) is 8.99. The molecule has 7 nitrogen and oxygen atoms in total. The highest BCUT2D eigenvalue weighted by Gasteiger charge is 2.52. The van der Waals surface area contributed by atoms with Gasteiger partial charge in [0, 0.05) is 57.1 Å². The summed E-state index contributed by atoms with van der Waals surface area (Å²) in [7, 11) is 3.94. The molecule has 2 aromatic heterocycles. The Kier molecular flexibility index (Phi) is 6.75. The van der Waals surface area contributed by atoms with Crippen molar-refractivity contribution in [3.63, 3.8) is 0 Å². The minimum Gasteiger partial charge on any atom is -0.475 e. The van der Waals surface area contributed by atoms with Crippen molar-refractivity contribution >= 4 is 23.2 Å². The summed E-state index contributed by atoms with van der Waals surface area (Å²) in [4.78, 5) is 27.3. The highest BCUT2D eigenvalue weighted by atomic mass is 32.1. The summed E-state index contributed by atoms with van der Waals surface area (Å²) >= 11 is 1.82. The van der Waals surface area contributed by atoms with Gasteiger partial charge in [-0.15, -0.1) is 11.3 Å². The third-order valence-corrected chi connectivity index (χ3v) is 6.98. The molecule has 4 rings (SSSR count). The number of likely N-dealkylation sites (tertiary alicyclic amines) is 2. The van der Waals surface area contributed by atoms with Gasteiger partial charge in [-0.2, -0.15) is 18.3 Å². The van der Waals surface area contributed by atoms with Crippen molar-refractivity contribution in [1.82, 2.24) is 19.6 Å². The lowest BCUT2D eigenvalue weighted by Gasteiger charge is -2.46. The Morgan fingerprint density at radius 1 is 1.32 bits per heavy atom. The molecule has 2 fully saturated rings. The number of nitrogens with zero attached hydrogens (tertiary/aromatic N) is 4. The normalized spacial score (nSPS) is 21.3. The van der Waals surface area contributed by atoms with Crippen LogP contribution in [0, 0.1) is 0 Å². The van der Waals surface area contributed by atoms with Crippen molar-refractivity contribution in [3.8, 4) is 0 Å². The Hall–Kier alpha value is -2.40. The first-order valence-corrected chi connectivity index (χ1v) is 10.7. The molecular formula is C20H25F3N4O3S. The highest BCUT2D eigenvalue weighted by Crippen LogP contribution is 2.48. The van der Waals surface area contributed by atoms with Gasteiger partial charge in [-0.25, -0.2) is 4.79 Å². The minimum atomic E-state index is -5.08. The Morgan fingerprint density at radius 3 is 2.45 bits per heavy atom. The van der Waals surface area contributed by atoms with Crippen LogP contribution in [0.1, 0.15) is 35.6 Å². The van der Waals surface area contributed by atoms with Crippen LogP contribution in [0.25, 0.3) is 0 Å². The molecule has 0 aliphatic carbocycles. The van der Waals surface area contributed by atoms with Gasteiger partial charge in [0.1, 0.15) is 0 Å². The maximum absolute atomic E-state index is 12.5. The number of hydrogen-bond acceptors (Lipinski definition) is 5. The highest BCUT2D eigenvalue weighted by molar-refractivity contribution is 7.09. The summed E-state index contributed by atoms with van der Waals surface area (Å²) < 4.78 is 33.6. The van der Waals surface area contributed by atoms with Crippen LogP contribution in [0.15, 0.2) is 29.9 Å². The molecule has 1 atom stereocenters. The van der Waals surface area contributed by atoms with Gasteiger partial charge in [0.05, 0.1) is 11.7 Å². The van der Waals surface area contributed by atoms with E-state index in [0.717, 1.165) is 32.5 Å². The Labute approximate surface area is 182 Å². The monoisotopic (exact) mass is 458 g/mol. The molecule has 170 valence electrons. The zero-order chi connectivity index (χ0) is 22.8. The fourth-order valence-electron chi connectivity index (χ4n) is 4.44. The molecule has 31 heavy (non-hydrogen) atoms. The number of alkyl halides is 3. The number of carboxylic acids is 1. The van der Waals surface area contributed by atoms with Crippen LogP contribution in [0.4, 0.5) is 13.2 Å². The zero-order valence-electron chi connectivity index (χ0n) is 17.3. The van der Waals surface area contributed by atoms with Crippen LogP contribution < -0.4 is 0 Å². The summed E-state index contributed by atoms with van der Waals surface area (Å²) in [5.41, 5.74) is 1.17. The van der Waals surface area contributed by atoms with Gasteiger partial charge >= 0.3 is 12.1 Å². The molecule has 2 aromatic rings. The molecule has 1 N–H and O–H groups in total. The SMILES string of the molecule is CN1C(=O)CC(c2cnn(C)c2)C12CCN(Cc1cccs1)CC2.O=C(O)C(F)(F)F. The molecule has 2 aliphatic rings. The molecule has 4 heterocycles. The summed E-state index contributed by atoms with van der Waals surface area (Å²) in [6.07, 6.45) is 1.64. The number of carboxylic acid groups (broad SMARTS) is 1. The standard InChI is InChI=1S/C18H24N4OS.C2HF3O2/c1-20-12-14(11-19-20)16-10-17(23)21(2)18(16)5-7-22(8-6-18)13-15-4-3-9-24-15;3-2(4,5)1(6)7/h3-4,9,11-12,16H,5-8,10,13H2,1-2H3;(H,6,7). The predicted molar refractivity (Wildman–Crippen MR) is 109 cm³/mol. The number of carbonyl (C=O) groups is 2. The quantitative estimate of drug-likeness (QED) is 0.765. The lowest BCUT2D eigenvalue weighted by molar-refractivity contribution is -0.192. The van der Waals surface area contributed by atoms with Crippen molar-refractivity contribution in [2.24, 2.45) is 7.05 Å². The summed E-state index contributed by atoms with van der Waals surface area (Å²) in [6, 6.07) is 4.33. The number of aliphatic carboxylic acids is 1. The number of hydrogen-bond donors (Lipinski definition) is 1. The van der Waals surface area contributed by atoms with E-state index in [4.69, 9.17) is 9.90 Å². The number of aryl methyl sites for hydroxylation is 1. The number of halogens is 3. The number of aromatic nitrogens is 2. The van der Waals surface area contributed by atoms with E-state index in [2.05, 4.69) is 33.7 Å². The lowest BCUT2D eigenvalue weighted by Crippen LogP contribution is -2.53. The number of thiophene rings is 1. The molecule has 11 heteroatoms. The topological polar surface area (TPSA) is 78.7 Å². The molecule has 0 radical (unpaired) electrons. The van der Waals surface area contributed by atoms with Crippen molar-refractivity contribution in [2.75, 3.05) is 20.1 Å². The van der Waals surface area contributed by atoms with E-state index in [1.807, 2.05) is 41.2 Å². The smallest absolute Gasteiger partial charge is 0.475 e. The lowest BCUT2D eigenvalue weighted by atomic mass is 9.74. The van der Waals surface area contributed by atoms with E-state index in [-0.39, 0.29) is 17.4 Å².